The first kappa shape index (κ1) is 15.1. The van der Waals surface area contributed by atoms with Crippen molar-refractivity contribution in [2.45, 2.75) is 25.1 Å². The Morgan fingerprint density at radius 1 is 1.50 bits per heavy atom. The molecule has 2 rings (SSSR count). The topological polar surface area (TPSA) is 52.7 Å². The lowest BCUT2D eigenvalue weighted by Gasteiger charge is -2.26. The number of likely N-dealkylation sites (N-methyl/N-ethyl adjacent to an activating group) is 1. The quantitative estimate of drug-likeness (QED) is 0.810. The molecule has 0 aliphatic carbocycles. The summed E-state index contributed by atoms with van der Waals surface area (Å²) >= 11 is 0. The van der Waals surface area contributed by atoms with Gasteiger partial charge in [0.1, 0.15) is 6.54 Å². The minimum atomic E-state index is -4.42. The number of carbonyl (C=O) groups is 2. The largest absolute Gasteiger partial charge is 0.406 e. The van der Waals surface area contributed by atoms with Crippen LogP contribution in [0.25, 0.3) is 0 Å². The van der Waals surface area contributed by atoms with Gasteiger partial charge in [0.2, 0.25) is 11.8 Å². The average Bonchev–Trinajstić information content (AvgIpc) is 2.96. The van der Waals surface area contributed by atoms with Crippen molar-refractivity contribution in [1.82, 2.24) is 15.1 Å². The highest BCUT2D eigenvalue weighted by Gasteiger charge is 2.42. The Bertz CT molecular complexity index is 394. The number of carbonyl (C=O) groups excluding carboxylic acids is 2. The number of hydrogen-bond donors (Lipinski definition) is 1. The summed E-state index contributed by atoms with van der Waals surface area (Å²) in [5.74, 6) is -1.49. The third kappa shape index (κ3) is 3.41. The number of amides is 2. The molecular formula is C12H18F3N3O2. The number of halogens is 3. The molecule has 114 valence electrons. The fraction of sp³-hybridized carbons (Fsp3) is 0.833. The van der Waals surface area contributed by atoms with Crippen LogP contribution in [0.3, 0.4) is 0 Å². The van der Waals surface area contributed by atoms with Crippen LogP contribution in [0.1, 0.15) is 12.8 Å². The summed E-state index contributed by atoms with van der Waals surface area (Å²) in [6.07, 6.45) is -3.72. The number of nitrogens with zero attached hydrogens (tertiary/aromatic N) is 2. The first-order chi connectivity index (χ1) is 9.28. The zero-order valence-corrected chi connectivity index (χ0v) is 11.2. The van der Waals surface area contributed by atoms with Gasteiger partial charge in [-0.05, 0) is 13.0 Å². The molecule has 8 heteroatoms. The van der Waals surface area contributed by atoms with E-state index in [-0.39, 0.29) is 24.9 Å². The number of hydrogen-bond acceptors (Lipinski definition) is 3. The molecule has 0 aromatic carbocycles. The first-order valence-electron chi connectivity index (χ1n) is 6.60. The zero-order valence-electron chi connectivity index (χ0n) is 11.2. The van der Waals surface area contributed by atoms with Crippen molar-refractivity contribution in [2.75, 3.05) is 33.2 Å². The van der Waals surface area contributed by atoms with E-state index in [4.69, 9.17) is 0 Å². The van der Waals surface area contributed by atoms with E-state index in [2.05, 4.69) is 5.32 Å². The molecule has 2 unspecified atom stereocenters. The van der Waals surface area contributed by atoms with E-state index >= 15 is 0 Å². The van der Waals surface area contributed by atoms with Gasteiger partial charge in [0.25, 0.3) is 0 Å². The van der Waals surface area contributed by atoms with Crippen LogP contribution >= 0.6 is 0 Å². The second kappa shape index (κ2) is 5.59. The third-order valence-electron chi connectivity index (χ3n) is 3.86. The highest BCUT2D eigenvalue weighted by atomic mass is 19.4. The highest BCUT2D eigenvalue weighted by molar-refractivity contribution is 5.89. The molecule has 1 N–H and O–H groups in total. The smallest absolute Gasteiger partial charge is 0.341 e. The van der Waals surface area contributed by atoms with Gasteiger partial charge >= 0.3 is 6.18 Å². The Kier molecular flexibility index (Phi) is 4.22. The molecule has 2 aliphatic rings. The molecule has 0 bridgehead atoms. The average molecular weight is 293 g/mol. The molecular weight excluding hydrogens is 275 g/mol. The van der Waals surface area contributed by atoms with Crippen molar-refractivity contribution in [2.24, 2.45) is 5.92 Å². The second-order valence-corrected chi connectivity index (χ2v) is 5.39. The summed E-state index contributed by atoms with van der Waals surface area (Å²) in [6, 6.07) is 0.0641. The molecule has 0 spiro atoms. The maximum Gasteiger partial charge on any atom is 0.406 e. The van der Waals surface area contributed by atoms with E-state index in [1.165, 1.54) is 0 Å². The predicted molar refractivity (Wildman–Crippen MR) is 64.8 cm³/mol. The van der Waals surface area contributed by atoms with E-state index < -0.39 is 24.5 Å². The Morgan fingerprint density at radius 2 is 2.20 bits per heavy atom. The molecule has 0 radical (unpaired) electrons. The van der Waals surface area contributed by atoms with E-state index in [0.29, 0.717) is 6.54 Å². The molecule has 2 fully saturated rings. The van der Waals surface area contributed by atoms with Gasteiger partial charge in [0.05, 0.1) is 5.92 Å². The maximum atomic E-state index is 12.3. The van der Waals surface area contributed by atoms with Gasteiger partial charge in [-0.25, -0.2) is 0 Å². The first-order valence-corrected chi connectivity index (χ1v) is 6.60. The molecule has 0 saturated carbocycles. The van der Waals surface area contributed by atoms with Gasteiger partial charge in [0.15, 0.2) is 0 Å². The van der Waals surface area contributed by atoms with E-state index in [0.717, 1.165) is 17.9 Å². The van der Waals surface area contributed by atoms with Gasteiger partial charge in [-0.2, -0.15) is 13.2 Å². The van der Waals surface area contributed by atoms with Crippen LogP contribution in [0, 0.1) is 5.92 Å². The Labute approximate surface area is 115 Å². The monoisotopic (exact) mass is 293 g/mol. The summed E-state index contributed by atoms with van der Waals surface area (Å²) in [6.45, 7) is 0.104. The maximum absolute atomic E-state index is 12.3. The SMILES string of the molecule is CN(C(=O)C1CC(=O)N(CC(F)(F)F)C1)C1CCNC1. The predicted octanol–water partition coefficient (Wildman–Crippen LogP) is 0.218. The summed E-state index contributed by atoms with van der Waals surface area (Å²) in [4.78, 5) is 26.1. The lowest BCUT2D eigenvalue weighted by atomic mass is 10.1. The fourth-order valence-corrected chi connectivity index (χ4v) is 2.74. The van der Waals surface area contributed by atoms with E-state index in [1.54, 1.807) is 11.9 Å². The van der Waals surface area contributed by atoms with Gasteiger partial charge in [-0.3, -0.25) is 9.59 Å². The molecule has 0 aromatic rings. The highest BCUT2D eigenvalue weighted by Crippen LogP contribution is 2.25. The second-order valence-electron chi connectivity index (χ2n) is 5.39. The van der Waals surface area contributed by atoms with Gasteiger partial charge in [0, 0.05) is 32.6 Å². The Balaban J connectivity index is 1.93. The van der Waals surface area contributed by atoms with Crippen LogP contribution in [-0.4, -0.2) is 67.1 Å². The summed E-state index contributed by atoms with van der Waals surface area (Å²) in [5.41, 5.74) is 0. The number of likely N-dealkylation sites (tertiary alicyclic amines) is 1. The number of rotatable bonds is 3. The molecule has 2 amide bonds. The molecule has 2 atom stereocenters. The van der Waals surface area contributed by atoms with Crippen molar-refractivity contribution in [1.29, 1.82) is 0 Å². The van der Waals surface area contributed by atoms with Crippen molar-refractivity contribution >= 4 is 11.8 Å². The van der Waals surface area contributed by atoms with Crippen molar-refractivity contribution in [3.8, 4) is 0 Å². The van der Waals surface area contributed by atoms with Gasteiger partial charge in [-0.15, -0.1) is 0 Å². The van der Waals surface area contributed by atoms with Crippen molar-refractivity contribution < 1.29 is 22.8 Å². The standard InChI is InChI=1S/C12H18F3N3O2/c1-17(9-2-3-16-5-9)11(20)8-4-10(19)18(6-8)7-12(13,14)15/h8-9,16H,2-7H2,1H3. The van der Waals surface area contributed by atoms with Crippen molar-refractivity contribution in [3.63, 3.8) is 0 Å². The summed E-state index contributed by atoms with van der Waals surface area (Å²) < 4.78 is 36.9. The Hall–Kier alpha value is -1.31. The molecule has 0 aromatic heterocycles. The lowest BCUT2D eigenvalue weighted by molar-refractivity contribution is -0.157. The molecule has 2 saturated heterocycles. The summed E-state index contributed by atoms with van der Waals surface area (Å²) in [7, 11) is 1.65. The molecule has 5 nitrogen and oxygen atoms in total. The lowest BCUT2D eigenvalue weighted by Crippen LogP contribution is -2.43. The molecule has 2 heterocycles. The van der Waals surface area contributed by atoms with E-state index in [9.17, 15) is 22.8 Å². The minimum absolute atomic E-state index is 0.0641. The van der Waals surface area contributed by atoms with Gasteiger partial charge < -0.3 is 15.1 Å². The van der Waals surface area contributed by atoms with Crippen LogP contribution in [0.15, 0.2) is 0 Å². The van der Waals surface area contributed by atoms with Crippen molar-refractivity contribution in [3.05, 3.63) is 0 Å². The molecule has 2 aliphatic heterocycles. The van der Waals surface area contributed by atoms with Gasteiger partial charge in [-0.1, -0.05) is 0 Å². The van der Waals surface area contributed by atoms with Crippen LogP contribution in [-0.2, 0) is 9.59 Å². The number of nitrogens with one attached hydrogen (secondary N) is 1. The normalized spacial score (nSPS) is 27.2. The van der Waals surface area contributed by atoms with Crippen LogP contribution in [0.4, 0.5) is 13.2 Å². The van der Waals surface area contributed by atoms with Crippen LogP contribution < -0.4 is 5.32 Å². The van der Waals surface area contributed by atoms with Crippen LogP contribution in [0.2, 0.25) is 0 Å². The van der Waals surface area contributed by atoms with Crippen LogP contribution in [0.5, 0.6) is 0 Å². The minimum Gasteiger partial charge on any atom is -0.341 e. The summed E-state index contributed by atoms with van der Waals surface area (Å²) in [5, 5.41) is 3.13. The number of alkyl halides is 3. The third-order valence-corrected chi connectivity index (χ3v) is 3.86. The molecule has 20 heavy (non-hydrogen) atoms. The Morgan fingerprint density at radius 3 is 2.75 bits per heavy atom. The zero-order chi connectivity index (χ0) is 14.9. The van der Waals surface area contributed by atoms with E-state index in [1.807, 2.05) is 0 Å². The fourth-order valence-electron chi connectivity index (χ4n) is 2.74.